The molecule has 0 aliphatic carbocycles. The van der Waals surface area contributed by atoms with Gasteiger partial charge in [0.15, 0.2) is 6.04 Å². The molecule has 7 heteroatoms. The summed E-state index contributed by atoms with van der Waals surface area (Å²) < 4.78 is 13.1. The Bertz CT molecular complexity index is 854. The van der Waals surface area contributed by atoms with Crippen molar-refractivity contribution in [2.75, 3.05) is 13.1 Å². The van der Waals surface area contributed by atoms with E-state index in [0.717, 1.165) is 0 Å². The second-order valence-electron chi connectivity index (χ2n) is 6.79. The van der Waals surface area contributed by atoms with Gasteiger partial charge in [-0.25, -0.2) is 9.18 Å². The van der Waals surface area contributed by atoms with Gasteiger partial charge in [-0.1, -0.05) is 30.3 Å². The first-order valence-electron chi connectivity index (χ1n) is 9.08. The number of carbonyl (C=O) groups is 3. The molecule has 1 heterocycles. The van der Waals surface area contributed by atoms with Gasteiger partial charge in [0.25, 0.3) is 5.91 Å². The summed E-state index contributed by atoms with van der Waals surface area (Å²) in [5.41, 5.74) is 0.841. The number of halogens is 1. The molecule has 146 valence electrons. The number of benzene rings is 2. The Morgan fingerprint density at radius 1 is 1.07 bits per heavy atom. The molecule has 1 aliphatic heterocycles. The van der Waals surface area contributed by atoms with Gasteiger partial charge in [-0.3, -0.25) is 9.59 Å². The third-order valence-corrected chi connectivity index (χ3v) is 4.84. The van der Waals surface area contributed by atoms with Gasteiger partial charge in [0.2, 0.25) is 5.91 Å². The smallest absolute Gasteiger partial charge is 0.330 e. The maximum absolute atomic E-state index is 13.1. The number of nitrogens with one attached hydrogen (secondary N) is 1. The minimum absolute atomic E-state index is 0.198. The quantitative estimate of drug-likeness (QED) is 0.830. The number of carboxylic acids is 1. The van der Waals surface area contributed by atoms with E-state index < -0.39 is 29.7 Å². The molecular weight excluding hydrogens is 363 g/mol. The molecular formula is C21H21FN2O4. The van der Waals surface area contributed by atoms with Crippen LogP contribution in [-0.2, 0) is 9.59 Å². The molecule has 28 heavy (non-hydrogen) atoms. The SMILES string of the molecule is O=C(N[C@H](C(=O)O)c1ccccc1)C1CCCN(C(=O)c2ccc(F)cc2)C1. The fourth-order valence-electron chi connectivity index (χ4n) is 3.34. The van der Waals surface area contributed by atoms with Crippen LogP contribution in [0.3, 0.4) is 0 Å². The lowest BCUT2D eigenvalue weighted by Gasteiger charge is -2.32. The zero-order valence-corrected chi connectivity index (χ0v) is 15.2. The highest BCUT2D eigenvalue weighted by Gasteiger charge is 2.31. The molecule has 2 aromatic carbocycles. The highest BCUT2D eigenvalue weighted by molar-refractivity contribution is 5.95. The Hall–Kier alpha value is -3.22. The molecule has 2 N–H and O–H groups in total. The van der Waals surface area contributed by atoms with Gasteiger partial charge in [0.1, 0.15) is 5.82 Å². The minimum atomic E-state index is -1.14. The van der Waals surface area contributed by atoms with E-state index in [9.17, 15) is 23.9 Å². The summed E-state index contributed by atoms with van der Waals surface area (Å²) in [5.74, 6) is -2.73. The number of aliphatic carboxylic acids is 1. The number of amides is 2. The molecule has 1 saturated heterocycles. The number of hydrogen-bond acceptors (Lipinski definition) is 3. The van der Waals surface area contributed by atoms with Crippen molar-refractivity contribution in [2.24, 2.45) is 5.92 Å². The van der Waals surface area contributed by atoms with Crippen LogP contribution in [0.5, 0.6) is 0 Å². The normalized spacial score (nSPS) is 17.6. The van der Waals surface area contributed by atoms with Crippen molar-refractivity contribution in [2.45, 2.75) is 18.9 Å². The molecule has 6 nitrogen and oxygen atoms in total. The van der Waals surface area contributed by atoms with Crippen molar-refractivity contribution >= 4 is 17.8 Å². The van der Waals surface area contributed by atoms with Gasteiger partial charge in [-0.15, -0.1) is 0 Å². The van der Waals surface area contributed by atoms with Gasteiger partial charge in [0.05, 0.1) is 5.92 Å². The average molecular weight is 384 g/mol. The van der Waals surface area contributed by atoms with Gasteiger partial charge < -0.3 is 15.3 Å². The largest absolute Gasteiger partial charge is 0.479 e. The van der Waals surface area contributed by atoms with E-state index in [4.69, 9.17) is 0 Å². The number of likely N-dealkylation sites (tertiary alicyclic amines) is 1. The summed E-state index contributed by atoms with van der Waals surface area (Å²) in [6.07, 6.45) is 1.20. The first-order valence-corrected chi connectivity index (χ1v) is 9.08. The van der Waals surface area contributed by atoms with Gasteiger partial charge in [-0.05, 0) is 42.7 Å². The van der Waals surface area contributed by atoms with Gasteiger partial charge >= 0.3 is 5.97 Å². The van der Waals surface area contributed by atoms with Crippen molar-refractivity contribution < 1.29 is 23.9 Å². The van der Waals surface area contributed by atoms with Crippen LogP contribution in [0.15, 0.2) is 54.6 Å². The fraction of sp³-hybridized carbons (Fsp3) is 0.286. The van der Waals surface area contributed by atoms with Crippen LogP contribution in [0.2, 0.25) is 0 Å². The zero-order chi connectivity index (χ0) is 20.1. The molecule has 0 saturated carbocycles. The number of hydrogen-bond donors (Lipinski definition) is 2. The maximum Gasteiger partial charge on any atom is 0.330 e. The van der Waals surface area contributed by atoms with E-state index in [0.29, 0.717) is 30.5 Å². The molecule has 1 aliphatic rings. The first-order chi connectivity index (χ1) is 13.5. The Labute approximate surface area is 162 Å². The van der Waals surface area contributed by atoms with Crippen LogP contribution in [-0.4, -0.2) is 40.9 Å². The Morgan fingerprint density at radius 3 is 2.39 bits per heavy atom. The van der Waals surface area contributed by atoms with Crippen molar-refractivity contribution in [3.05, 3.63) is 71.5 Å². The van der Waals surface area contributed by atoms with Crippen LogP contribution in [0, 0.1) is 11.7 Å². The van der Waals surface area contributed by atoms with Gasteiger partial charge in [0, 0.05) is 18.7 Å². The summed E-state index contributed by atoms with van der Waals surface area (Å²) in [7, 11) is 0. The lowest BCUT2D eigenvalue weighted by Crippen LogP contribution is -2.47. The molecule has 0 aromatic heterocycles. The molecule has 2 aromatic rings. The van der Waals surface area contributed by atoms with E-state index in [2.05, 4.69) is 5.32 Å². The number of rotatable bonds is 5. The monoisotopic (exact) mass is 384 g/mol. The standard InChI is InChI=1S/C21H21FN2O4/c22-17-10-8-15(9-11-17)20(26)24-12-4-7-16(13-24)19(25)23-18(21(27)28)14-5-2-1-3-6-14/h1-3,5-6,8-11,16,18H,4,7,12-13H2,(H,23,25)(H,27,28)/t16?,18-/m0/s1. The van der Waals surface area contributed by atoms with Crippen molar-refractivity contribution in [1.29, 1.82) is 0 Å². The van der Waals surface area contributed by atoms with E-state index >= 15 is 0 Å². The fourth-order valence-corrected chi connectivity index (χ4v) is 3.34. The summed E-state index contributed by atoms with van der Waals surface area (Å²) in [6.45, 7) is 0.699. The predicted octanol–water partition coefficient (Wildman–Crippen LogP) is 2.62. The molecule has 0 radical (unpaired) electrons. The summed E-state index contributed by atoms with van der Waals surface area (Å²) in [6, 6.07) is 12.6. The summed E-state index contributed by atoms with van der Waals surface area (Å²) >= 11 is 0. The molecule has 0 spiro atoms. The maximum atomic E-state index is 13.1. The predicted molar refractivity (Wildman–Crippen MR) is 100.0 cm³/mol. The topological polar surface area (TPSA) is 86.7 Å². The van der Waals surface area contributed by atoms with E-state index in [1.54, 1.807) is 35.2 Å². The van der Waals surface area contributed by atoms with E-state index in [1.165, 1.54) is 24.3 Å². The van der Waals surface area contributed by atoms with Crippen LogP contribution >= 0.6 is 0 Å². The molecule has 1 fully saturated rings. The van der Waals surface area contributed by atoms with Crippen LogP contribution in [0.1, 0.15) is 34.8 Å². The summed E-state index contributed by atoms with van der Waals surface area (Å²) in [5, 5.41) is 12.1. The lowest BCUT2D eigenvalue weighted by molar-refractivity contribution is -0.143. The number of carbonyl (C=O) groups excluding carboxylic acids is 2. The molecule has 0 bridgehead atoms. The van der Waals surface area contributed by atoms with E-state index in [1.807, 2.05) is 0 Å². The van der Waals surface area contributed by atoms with Crippen molar-refractivity contribution in [3.63, 3.8) is 0 Å². The Kier molecular flexibility index (Phi) is 6.03. The second kappa shape index (κ2) is 8.65. The van der Waals surface area contributed by atoms with Crippen LogP contribution < -0.4 is 5.32 Å². The van der Waals surface area contributed by atoms with E-state index in [-0.39, 0.29) is 12.5 Å². The Morgan fingerprint density at radius 2 is 1.75 bits per heavy atom. The molecule has 2 amide bonds. The first kappa shape index (κ1) is 19.5. The average Bonchev–Trinajstić information content (AvgIpc) is 2.72. The summed E-state index contributed by atoms with van der Waals surface area (Å²) in [4.78, 5) is 38.4. The molecule has 2 atom stereocenters. The van der Waals surface area contributed by atoms with Crippen molar-refractivity contribution in [3.8, 4) is 0 Å². The van der Waals surface area contributed by atoms with Crippen molar-refractivity contribution in [1.82, 2.24) is 10.2 Å². The van der Waals surface area contributed by atoms with Gasteiger partial charge in [-0.2, -0.15) is 0 Å². The highest BCUT2D eigenvalue weighted by Crippen LogP contribution is 2.21. The lowest BCUT2D eigenvalue weighted by atomic mass is 9.95. The number of carboxylic acid groups (broad SMARTS) is 1. The third-order valence-electron chi connectivity index (χ3n) is 4.84. The van der Waals surface area contributed by atoms with Crippen LogP contribution in [0.25, 0.3) is 0 Å². The minimum Gasteiger partial charge on any atom is -0.479 e. The molecule has 1 unspecified atom stereocenters. The zero-order valence-electron chi connectivity index (χ0n) is 15.2. The highest BCUT2D eigenvalue weighted by atomic mass is 19.1. The third kappa shape index (κ3) is 4.54. The molecule has 3 rings (SSSR count). The van der Waals surface area contributed by atoms with Crippen LogP contribution in [0.4, 0.5) is 4.39 Å². The Balaban J connectivity index is 1.67. The number of piperidine rings is 1. The second-order valence-corrected chi connectivity index (χ2v) is 6.79. The number of nitrogens with zero attached hydrogens (tertiary/aromatic N) is 1.